The molecule has 4 nitrogen and oxygen atoms in total. The van der Waals surface area contributed by atoms with Crippen LogP contribution in [0, 0.1) is 0 Å². The highest BCUT2D eigenvalue weighted by atomic mass is 16.5. The first-order valence-electron chi connectivity index (χ1n) is 8.91. The van der Waals surface area contributed by atoms with Gasteiger partial charge in [0, 0.05) is 11.3 Å². The van der Waals surface area contributed by atoms with Crippen LogP contribution in [0.15, 0.2) is 84.9 Å². The van der Waals surface area contributed by atoms with Gasteiger partial charge in [-0.3, -0.25) is 9.59 Å². The number of hydrogen-bond acceptors (Lipinski definition) is 3. The smallest absolute Gasteiger partial charge is 0.308 e. The molecule has 0 fully saturated rings. The van der Waals surface area contributed by atoms with Gasteiger partial charge >= 0.3 is 5.97 Å². The lowest BCUT2D eigenvalue weighted by Gasteiger charge is -2.25. The third-order valence-corrected chi connectivity index (χ3v) is 4.72. The lowest BCUT2D eigenvalue weighted by molar-refractivity contribution is -0.145. The highest BCUT2D eigenvalue weighted by molar-refractivity contribution is 6.11. The second-order valence-corrected chi connectivity index (χ2v) is 6.46. The van der Waals surface area contributed by atoms with Crippen molar-refractivity contribution in [3.8, 4) is 0 Å². The maximum atomic E-state index is 12.9. The molecule has 27 heavy (non-hydrogen) atoms. The van der Waals surface area contributed by atoms with Crippen LogP contribution < -0.4 is 4.90 Å². The molecule has 1 amide bonds. The Bertz CT molecular complexity index is 954. The predicted molar refractivity (Wildman–Crippen MR) is 103 cm³/mol. The van der Waals surface area contributed by atoms with E-state index in [0.29, 0.717) is 5.56 Å². The number of fused-ring (bicyclic) bond motifs is 1. The van der Waals surface area contributed by atoms with Crippen molar-refractivity contribution in [3.05, 3.63) is 102 Å². The zero-order valence-electron chi connectivity index (χ0n) is 14.7. The summed E-state index contributed by atoms with van der Waals surface area (Å²) in [5, 5.41) is 0. The van der Waals surface area contributed by atoms with E-state index < -0.39 is 0 Å². The average molecular weight is 357 g/mol. The number of nitrogens with zero attached hydrogens (tertiary/aromatic N) is 1. The third kappa shape index (κ3) is 3.47. The fourth-order valence-corrected chi connectivity index (χ4v) is 3.43. The van der Waals surface area contributed by atoms with E-state index in [4.69, 9.17) is 4.74 Å². The summed E-state index contributed by atoms with van der Waals surface area (Å²) in [7, 11) is 0. The van der Waals surface area contributed by atoms with Gasteiger partial charge < -0.3 is 9.64 Å². The number of amides is 1. The molecule has 0 spiro atoms. The molecule has 4 rings (SSSR count). The van der Waals surface area contributed by atoms with Crippen molar-refractivity contribution in [1.82, 2.24) is 0 Å². The van der Waals surface area contributed by atoms with E-state index in [1.54, 1.807) is 4.90 Å². The Balaban J connectivity index is 1.56. The molecule has 3 aromatic rings. The molecule has 0 saturated heterocycles. The van der Waals surface area contributed by atoms with Crippen molar-refractivity contribution < 1.29 is 14.3 Å². The van der Waals surface area contributed by atoms with E-state index in [0.717, 1.165) is 16.8 Å². The molecule has 1 unspecified atom stereocenters. The highest BCUT2D eigenvalue weighted by Gasteiger charge is 2.38. The Morgan fingerprint density at radius 3 is 2.22 bits per heavy atom. The maximum Gasteiger partial charge on any atom is 0.308 e. The van der Waals surface area contributed by atoms with E-state index in [-0.39, 0.29) is 30.9 Å². The molecular formula is C23H19NO3. The fraction of sp³-hybridized carbons (Fsp3) is 0.130. The monoisotopic (exact) mass is 357 g/mol. The van der Waals surface area contributed by atoms with Crippen molar-refractivity contribution in [2.24, 2.45) is 0 Å². The predicted octanol–water partition coefficient (Wildman–Crippen LogP) is 4.52. The fourth-order valence-electron chi connectivity index (χ4n) is 3.43. The van der Waals surface area contributed by atoms with Crippen LogP contribution in [0.5, 0.6) is 0 Å². The number of anilines is 1. The van der Waals surface area contributed by atoms with Crippen molar-refractivity contribution in [1.29, 1.82) is 0 Å². The zero-order valence-corrected chi connectivity index (χ0v) is 14.7. The molecule has 1 atom stereocenters. The molecule has 0 saturated carbocycles. The van der Waals surface area contributed by atoms with Gasteiger partial charge in [-0.15, -0.1) is 0 Å². The molecule has 0 N–H and O–H groups in total. The minimum absolute atomic E-state index is 0.0855. The molecule has 0 bridgehead atoms. The van der Waals surface area contributed by atoms with Gasteiger partial charge in [0.25, 0.3) is 5.91 Å². The molecule has 1 heterocycles. The number of esters is 1. The normalized spacial score (nSPS) is 15.5. The standard InChI is InChI=1S/C23H19NO3/c25-22(27-16-17-9-3-1-4-10-17)15-21-19-13-7-8-14-20(19)23(26)24(21)18-11-5-2-6-12-18/h1-14,21H,15-16H2. The molecule has 1 aliphatic rings. The SMILES string of the molecule is O=C(CC1c2ccccc2C(=O)N1c1ccccc1)OCc1ccccc1. The van der Waals surface area contributed by atoms with E-state index in [9.17, 15) is 9.59 Å². The van der Waals surface area contributed by atoms with Crippen LogP contribution in [0.3, 0.4) is 0 Å². The summed E-state index contributed by atoms with van der Waals surface area (Å²) in [5.41, 5.74) is 3.22. The molecular weight excluding hydrogens is 338 g/mol. The highest BCUT2D eigenvalue weighted by Crippen LogP contribution is 2.39. The van der Waals surface area contributed by atoms with Crippen molar-refractivity contribution >= 4 is 17.6 Å². The van der Waals surface area contributed by atoms with Gasteiger partial charge in [0.15, 0.2) is 0 Å². The number of rotatable bonds is 5. The Labute approximate surface area is 158 Å². The van der Waals surface area contributed by atoms with Crippen LogP contribution in [-0.2, 0) is 16.1 Å². The lowest BCUT2D eigenvalue weighted by Crippen LogP contribution is -2.29. The van der Waals surface area contributed by atoms with Crippen molar-refractivity contribution in [2.45, 2.75) is 19.1 Å². The van der Waals surface area contributed by atoms with Gasteiger partial charge in [-0.05, 0) is 29.3 Å². The van der Waals surface area contributed by atoms with E-state index >= 15 is 0 Å². The second-order valence-electron chi connectivity index (χ2n) is 6.46. The van der Waals surface area contributed by atoms with E-state index in [1.165, 1.54) is 0 Å². The first-order valence-corrected chi connectivity index (χ1v) is 8.91. The summed E-state index contributed by atoms with van der Waals surface area (Å²) >= 11 is 0. The average Bonchev–Trinajstić information content (AvgIpc) is 3.00. The Hall–Kier alpha value is -3.40. The third-order valence-electron chi connectivity index (χ3n) is 4.72. The molecule has 134 valence electrons. The van der Waals surface area contributed by atoms with Gasteiger partial charge in [-0.25, -0.2) is 0 Å². The van der Waals surface area contributed by atoms with Crippen LogP contribution >= 0.6 is 0 Å². The maximum absolute atomic E-state index is 12.9. The van der Waals surface area contributed by atoms with Crippen LogP contribution in [0.25, 0.3) is 0 Å². The summed E-state index contributed by atoms with van der Waals surface area (Å²) in [6.45, 7) is 0.229. The van der Waals surface area contributed by atoms with Crippen LogP contribution in [0.4, 0.5) is 5.69 Å². The first kappa shape index (κ1) is 17.0. The minimum Gasteiger partial charge on any atom is -0.461 e. The largest absolute Gasteiger partial charge is 0.461 e. The summed E-state index contributed by atoms with van der Waals surface area (Å²) < 4.78 is 5.45. The summed E-state index contributed by atoms with van der Waals surface area (Å²) in [6.07, 6.45) is 0.116. The minimum atomic E-state index is -0.362. The van der Waals surface area contributed by atoms with E-state index in [1.807, 2.05) is 84.9 Å². The molecule has 0 radical (unpaired) electrons. The number of carbonyl (C=O) groups is 2. The molecule has 3 aromatic carbocycles. The van der Waals surface area contributed by atoms with Gasteiger partial charge in [-0.2, -0.15) is 0 Å². The summed E-state index contributed by atoms with van der Waals surface area (Å²) in [4.78, 5) is 27.1. The quantitative estimate of drug-likeness (QED) is 0.631. The van der Waals surface area contributed by atoms with Gasteiger partial charge in [0.05, 0.1) is 12.5 Å². The Kier molecular flexibility index (Phi) is 4.71. The summed E-state index contributed by atoms with van der Waals surface area (Å²) in [5.74, 6) is -0.410. The first-order chi connectivity index (χ1) is 13.2. The van der Waals surface area contributed by atoms with Gasteiger partial charge in [0.2, 0.25) is 0 Å². The van der Waals surface area contributed by atoms with Crippen LogP contribution in [-0.4, -0.2) is 11.9 Å². The number of carbonyl (C=O) groups excluding carboxylic acids is 2. The number of benzene rings is 3. The van der Waals surface area contributed by atoms with E-state index in [2.05, 4.69) is 0 Å². The van der Waals surface area contributed by atoms with Gasteiger partial charge in [0.1, 0.15) is 6.61 Å². The number of ether oxygens (including phenoxy) is 1. The van der Waals surface area contributed by atoms with Gasteiger partial charge in [-0.1, -0.05) is 66.7 Å². The number of para-hydroxylation sites is 1. The Morgan fingerprint density at radius 2 is 1.48 bits per heavy atom. The van der Waals surface area contributed by atoms with Crippen LogP contribution in [0.1, 0.15) is 33.9 Å². The summed E-state index contributed by atoms with van der Waals surface area (Å²) in [6, 6.07) is 26.1. The second kappa shape index (κ2) is 7.46. The number of hydrogen-bond donors (Lipinski definition) is 0. The molecule has 0 aliphatic carbocycles. The molecule has 4 heteroatoms. The Morgan fingerprint density at radius 1 is 0.852 bits per heavy atom. The molecule has 0 aromatic heterocycles. The zero-order chi connectivity index (χ0) is 18.6. The van der Waals surface area contributed by atoms with Crippen LogP contribution in [0.2, 0.25) is 0 Å². The van der Waals surface area contributed by atoms with Crippen molar-refractivity contribution in [2.75, 3.05) is 4.90 Å². The lowest BCUT2D eigenvalue weighted by atomic mass is 10.0. The topological polar surface area (TPSA) is 46.6 Å². The molecule has 1 aliphatic heterocycles. The van der Waals surface area contributed by atoms with Crippen molar-refractivity contribution in [3.63, 3.8) is 0 Å².